The Labute approximate surface area is 249 Å². The minimum absolute atomic E-state index is 0.0340. The maximum atomic E-state index is 12.0. The lowest BCUT2D eigenvalue weighted by Crippen LogP contribution is -2.43. The number of hydrogen-bond acceptors (Lipinski definition) is 6. The van der Waals surface area contributed by atoms with E-state index in [0.29, 0.717) is 18.7 Å². The molecule has 40 heavy (non-hydrogen) atoms. The molecule has 3 N–H and O–H groups in total. The number of hydrogen-bond donors (Lipinski definition) is 3. The summed E-state index contributed by atoms with van der Waals surface area (Å²) in [5.41, 5.74) is 3.87. The van der Waals surface area contributed by atoms with Gasteiger partial charge in [0.25, 0.3) is 9.70 Å². The first-order valence-electron chi connectivity index (χ1n) is 13.0. The Balaban J connectivity index is 1.51. The molecule has 1 fully saturated rings. The molecule has 0 radical (unpaired) electrons. The van der Waals surface area contributed by atoms with Crippen LogP contribution in [0.4, 0.5) is 5.69 Å². The number of aliphatic hydroxyl groups excluding tert-OH is 2. The largest absolute Gasteiger partial charge is 0.392 e. The van der Waals surface area contributed by atoms with E-state index in [1.807, 2.05) is 68.6 Å². The van der Waals surface area contributed by atoms with Gasteiger partial charge in [-0.2, -0.15) is 0 Å². The molecule has 1 aliphatic rings. The van der Waals surface area contributed by atoms with Crippen molar-refractivity contribution >= 4 is 46.4 Å². The van der Waals surface area contributed by atoms with Crippen molar-refractivity contribution in [2.45, 2.75) is 54.4 Å². The lowest BCUT2D eigenvalue weighted by molar-refractivity contribution is -0.253. The predicted octanol–water partition coefficient (Wildman–Crippen LogP) is 6.09. The zero-order chi connectivity index (χ0) is 28.9. The van der Waals surface area contributed by atoms with Gasteiger partial charge in [-0.3, -0.25) is 9.69 Å². The molecule has 5 atom stereocenters. The van der Waals surface area contributed by atoms with Crippen LogP contribution in [0.15, 0.2) is 78.9 Å². The molecule has 214 valence electrons. The molecule has 3 aromatic carbocycles. The quantitative estimate of drug-likeness (QED) is 0.255. The molecule has 0 aliphatic carbocycles. The number of likely N-dealkylation sites (N-methyl/N-ethyl adjacent to an activating group) is 1. The lowest BCUT2D eigenvalue weighted by Gasteiger charge is -2.39. The Morgan fingerprint density at radius 3 is 2.23 bits per heavy atom. The van der Waals surface area contributed by atoms with Crippen molar-refractivity contribution in [2.75, 3.05) is 18.9 Å². The van der Waals surface area contributed by atoms with E-state index in [1.165, 1.54) is 0 Å². The van der Waals surface area contributed by atoms with Gasteiger partial charge in [-0.25, -0.2) is 0 Å². The van der Waals surface area contributed by atoms with E-state index >= 15 is 0 Å². The van der Waals surface area contributed by atoms with Gasteiger partial charge in [0.1, 0.15) is 0 Å². The Hall–Kier alpha value is -2.20. The van der Waals surface area contributed by atoms with E-state index in [0.717, 1.165) is 22.3 Å². The van der Waals surface area contributed by atoms with Gasteiger partial charge < -0.3 is 25.0 Å². The van der Waals surface area contributed by atoms with E-state index in [9.17, 15) is 15.0 Å². The average Bonchev–Trinajstić information content (AvgIpc) is 2.96. The Morgan fingerprint density at radius 2 is 1.62 bits per heavy atom. The first-order chi connectivity index (χ1) is 19.0. The number of anilines is 1. The number of ether oxygens (including phenoxy) is 2. The fraction of sp³-hybridized carbons (Fsp3) is 0.367. The van der Waals surface area contributed by atoms with E-state index in [1.54, 1.807) is 24.3 Å². The molecule has 1 heterocycles. The smallest absolute Gasteiger partial charge is 0.276 e. The molecule has 1 aliphatic heterocycles. The minimum Gasteiger partial charge on any atom is -0.392 e. The first-order valence-corrected chi connectivity index (χ1v) is 14.1. The molecule has 1 amide bonds. The first kappa shape index (κ1) is 30.8. The van der Waals surface area contributed by atoms with Gasteiger partial charge in [0.05, 0.1) is 24.9 Å². The van der Waals surface area contributed by atoms with Crippen molar-refractivity contribution in [2.24, 2.45) is 0 Å². The number of alkyl halides is 3. The molecule has 4 rings (SSSR count). The third-order valence-corrected chi connectivity index (χ3v) is 7.61. The zero-order valence-electron chi connectivity index (χ0n) is 22.2. The molecule has 7 nitrogen and oxygen atoms in total. The monoisotopic (exact) mass is 606 g/mol. The molecule has 1 saturated heterocycles. The molecule has 3 aromatic rings. The van der Waals surface area contributed by atoms with Crippen LogP contribution in [0.3, 0.4) is 0 Å². The number of nitrogens with one attached hydrogen (secondary N) is 1. The number of rotatable bonds is 9. The number of nitrogens with zero attached hydrogens (tertiary/aromatic N) is 1. The van der Waals surface area contributed by atoms with Crippen LogP contribution in [0.25, 0.3) is 0 Å². The van der Waals surface area contributed by atoms with Gasteiger partial charge >= 0.3 is 0 Å². The molecule has 10 heteroatoms. The fourth-order valence-corrected chi connectivity index (χ4v) is 4.76. The minimum atomic E-state index is -2.07. The van der Waals surface area contributed by atoms with Crippen LogP contribution < -0.4 is 5.32 Å². The van der Waals surface area contributed by atoms with Crippen molar-refractivity contribution in [3.8, 4) is 0 Å². The van der Waals surface area contributed by atoms with Crippen LogP contribution >= 0.6 is 34.8 Å². The lowest BCUT2D eigenvalue weighted by atomic mass is 9.98. The maximum absolute atomic E-state index is 12.0. The van der Waals surface area contributed by atoms with Gasteiger partial charge in [-0.05, 0) is 42.8 Å². The van der Waals surface area contributed by atoms with Crippen LogP contribution in [0.2, 0.25) is 0 Å². The van der Waals surface area contributed by atoms with Crippen LogP contribution in [0, 0.1) is 0 Å². The van der Waals surface area contributed by atoms with E-state index in [2.05, 4.69) is 10.2 Å². The third-order valence-electron chi connectivity index (χ3n) is 7.10. The Bertz CT molecular complexity index is 1240. The van der Waals surface area contributed by atoms with E-state index in [-0.39, 0.29) is 24.9 Å². The van der Waals surface area contributed by atoms with Crippen molar-refractivity contribution < 1.29 is 24.5 Å². The second kappa shape index (κ2) is 13.6. The summed E-state index contributed by atoms with van der Waals surface area (Å²) in [6.07, 6.45) is -1.20. The SMILES string of the molecule is C[C@H]([C@@H](O)c1ccccc1)N(C)C[C@@H]1C[C@H](c2ccc(CO)cc2)O[C@H](c2ccc(NC(=O)C(Cl)(Cl)Cl)cc2)O1. The standard InChI is InChI=1S/C30H33Cl3N2O5/c1-19(27(37)22-6-4-3-5-7-22)35(2)17-25-16-26(21-10-8-20(18-36)9-11-21)40-28(39-25)23-12-14-24(15-13-23)34-29(38)30(31,32)33/h3-15,19,25-28,36-37H,16-18H2,1-2H3,(H,34,38)/t19-,25+,26-,27-,28-/m1/s1. The molecule has 0 spiro atoms. The summed E-state index contributed by atoms with van der Waals surface area (Å²) < 4.78 is 10.7. The van der Waals surface area contributed by atoms with Gasteiger partial charge in [-0.1, -0.05) is 102 Å². The molecule has 0 aromatic heterocycles. The topological polar surface area (TPSA) is 91.3 Å². The van der Waals surface area contributed by atoms with Crippen molar-refractivity contribution in [3.05, 3.63) is 101 Å². The van der Waals surface area contributed by atoms with Gasteiger partial charge in [0.2, 0.25) is 0 Å². The zero-order valence-corrected chi connectivity index (χ0v) is 24.5. The maximum Gasteiger partial charge on any atom is 0.276 e. The molecule has 0 saturated carbocycles. The molecular formula is C30H33Cl3N2O5. The highest BCUT2D eigenvalue weighted by atomic mass is 35.6. The summed E-state index contributed by atoms with van der Waals surface area (Å²) in [4.78, 5) is 14.1. The average molecular weight is 608 g/mol. The summed E-state index contributed by atoms with van der Waals surface area (Å²) in [7, 11) is 1.97. The highest BCUT2D eigenvalue weighted by molar-refractivity contribution is 6.76. The number of halogens is 3. The highest BCUT2D eigenvalue weighted by Crippen LogP contribution is 2.39. The van der Waals surface area contributed by atoms with Crippen molar-refractivity contribution in [3.63, 3.8) is 0 Å². The van der Waals surface area contributed by atoms with Crippen LogP contribution in [0.5, 0.6) is 0 Å². The molecule has 0 bridgehead atoms. The summed E-state index contributed by atoms with van der Waals surface area (Å²) in [6, 6.07) is 24.1. The molecule has 0 unspecified atom stereocenters. The van der Waals surface area contributed by atoms with Crippen LogP contribution in [0.1, 0.15) is 54.1 Å². The number of carbonyl (C=O) groups excluding carboxylic acids is 1. The Morgan fingerprint density at radius 1 is 1.00 bits per heavy atom. The van der Waals surface area contributed by atoms with Gasteiger partial charge in [0, 0.05) is 30.3 Å². The summed E-state index contributed by atoms with van der Waals surface area (Å²) in [6.45, 7) is 2.52. The van der Waals surface area contributed by atoms with Gasteiger partial charge in [0.15, 0.2) is 6.29 Å². The van der Waals surface area contributed by atoms with E-state index in [4.69, 9.17) is 44.3 Å². The van der Waals surface area contributed by atoms with Gasteiger partial charge in [-0.15, -0.1) is 0 Å². The molecular weight excluding hydrogens is 575 g/mol. The predicted molar refractivity (Wildman–Crippen MR) is 157 cm³/mol. The second-order valence-corrected chi connectivity index (χ2v) is 12.2. The number of benzene rings is 3. The normalized spacial score (nSPS) is 21.1. The third kappa shape index (κ3) is 7.96. The van der Waals surface area contributed by atoms with E-state index < -0.39 is 22.1 Å². The summed E-state index contributed by atoms with van der Waals surface area (Å²) in [5.74, 6) is -0.753. The Kier molecular flexibility index (Phi) is 10.5. The number of carbonyl (C=O) groups is 1. The summed E-state index contributed by atoms with van der Waals surface area (Å²) in [5, 5.41) is 23.0. The number of amides is 1. The summed E-state index contributed by atoms with van der Waals surface area (Å²) >= 11 is 17.0. The highest BCUT2D eigenvalue weighted by Gasteiger charge is 2.34. The van der Waals surface area contributed by atoms with Crippen molar-refractivity contribution in [1.29, 1.82) is 0 Å². The second-order valence-electron chi connectivity index (χ2n) is 9.96. The van der Waals surface area contributed by atoms with Crippen LogP contribution in [-0.4, -0.2) is 50.6 Å². The number of aliphatic hydroxyl groups is 2. The van der Waals surface area contributed by atoms with Crippen molar-refractivity contribution in [1.82, 2.24) is 4.90 Å². The van der Waals surface area contributed by atoms with Crippen LogP contribution in [-0.2, 0) is 20.9 Å². The fourth-order valence-electron chi connectivity index (χ4n) is 4.62.